The Morgan fingerprint density at radius 1 is 1.43 bits per heavy atom. The highest BCUT2D eigenvalue weighted by Crippen LogP contribution is 2.33. The van der Waals surface area contributed by atoms with Gasteiger partial charge in [-0.2, -0.15) is 0 Å². The van der Waals surface area contributed by atoms with E-state index in [1.165, 1.54) is 0 Å². The first kappa shape index (κ1) is 17.2. The van der Waals surface area contributed by atoms with E-state index in [2.05, 4.69) is 13.2 Å². The van der Waals surface area contributed by atoms with Gasteiger partial charge < -0.3 is 14.9 Å². The molecule has 2 rings (SSSR count). The zero-order valence-corrected chi connectivity index (χ0v) is 12.1. The van der Waals surface area contributed by atoms with Crippen LogP contribution in [0.25, 0.3) is 0 Å². The van der Waals surface area contributed by atoms with Crippen LogP contribution in [0.15, 0.2) is 36.5 Å². The third-order valence-electron chi connectivity index (χ3n) is 3.47. The molecule has 2 atom stereocenters. The van der Waals surface area contributed by atoms with Gasteiger partial charge in [-0.1, -0.05) is 18.7 Å². The number of carboxylic acid groups (broad SMARTS) is 2. The minimum absolute atomic E-state index is 0.245. The Morgan fingerprint density at radius 2 is 2.10 bits per heavy atom. The van der Waals surface area contributed by atoms with E-state index in [9.17, 15) is 9.59 Å². The SMILES string of the molecule is C=CCCC(=C)C(=O)O.O=C(O)C1=CCCC1CC1CO1. The molecule has 5 heteroatoms. The second-order valence-electron chi connectivity index (χ2n) is 5.17. The van der Waals surface area contributed by atoms with Crippen molar-refractivity contribution in [3.63, 3.8) is 0 Å². The number of allylic oxidation sites excluding steroid dienone is 2. The average Bonchev–Trinajstić information content (AvgIpc) is 3.11. The molecule has 0 aromatic rings. The Kier molecular flexibility index (Phi) is 6.88. The molecule has 1 heterocycles. The van der Waals surface area contributed by atoms with Crippen LogP contribution in [-0.4, -0.2) is 34.9 Å². The molecule has 0 aromatic heterocycles. The first-order valence-electron chi connectivity index (χ1n) is 7.02. The van der Waals surface area contributed by atoms with Crippen LogP contribution in [-0.2, 0) is 14.3 Å². The summed E-state index contributed by atoms with van der Waals surface area (Å²) >= 11 is 0. The van der Waals surface area contributed by atoms with Gasteiger partial charge in [-0.15, -0.1) is 6.58 Å². The molecule has 1 saturated heterocycles. The molecule has 2 aliphatic rings. The summed E-state index contributed by atoms with van der Waals surface area (Å²) in [5.41, 5.74) is 0.848. The quantitative estimate of drug-likeness (QED) is 0.428. The highest BCUT2D eigenvalue weighted by Gasteiger charge is 2.32. The van der Waals surface area contributed by atoms with Gasteiger partial charge in [-0.05, 0) is 38.0 Å². The fourth-order valence-corrected chi connectivity index (χ4v) is 2.17. The van der Waals surface area contributed by atoms with Crippen molar-refractivity contribution in [2.75, 3.05) is 6.61 Å². The lowest BCUT2D eigenvalue weighted by molar-refractivity contribution is -0.134. The maximum atomic E-state index is 10.7. The van der Waals surface area contributed by atoms with Crippen molar-refractivity contribution in [3.8, 4) is 0 Å². The molecule has 0 saturated carbocycles. The van der Waals surface area contributed by atoms with Gasteiger partial charge in [0.2, 0.25) is 0 Å². The topological polar surface area (TPSA) is 87.1 Å². The molecular formula is C16H22O5. The Morgan fingerprint density at radius 3 is 2.57 bits per heavy atom. The molecule has 0 radical (unpaired) electrons. The van der Waals surface area contributed by atoms with Crippen LogP contribution in [0.5, 0.6) is 0 Å². The molecule has 0 amide bonds. The van der Waals surface area contributed by atoms with Crippen LogP contribution in [0.4, 0.5) is 0 Å². The fourth-order valence-electron chi connectivity index (χ4n) is 2.17. The first-order chi connectivity index (χ1) is 9.95. The van der Waals surface area contributed by atoms with Crippen molar-refractivity contribution in [2.24, 2.45) is 5.92 Å². The second kappa shape index (κ2) is 8.42. The predicted octanol–water partition coefficient (Wildman–Crippen LogP) is 2.79. The van der Waals surface area contributed by atoms with Gasteiger partial charge in [0.15, 0.2) is 0 Å². The van der Waals surface area contributed by atoms with Crippen LogP contribution >= 0.6 is 0 Å². The van der Waals surface area contributed by atoms with Crippen LogP contribution in [0.2, 0.25) is 0 Å². The summed E-state index contributed by atoms with van der Waals surface area (Å²) in [4.78, 5) is 20.8. The Balaban J connectivity index is 0.000000222. The molecule has 1 aliphatic carbocycles. The van der Waals surface area contributed by atoms with Crippen LogP contribution < -0.4 is 0 Å². The summed E-state index contributed by atoms with van der Waals surface area (Å²) in [6, 6.07) is 0. The number of carbonyl (C=O) groups is 2. The van der Waals surface area contributed by atoms with E-state index in [1.54, 1.807) is 6.08 Å². The molecule has 2 N–H and O–H groups in total. The van der Waals surface area contributed by atoms with Crippen molar-refractivity contribution < 1.29 is 24.5 Å². The van der Waals surface area contributed by atoms with Crippen LogP contribution in [0, 0.1) is 5.92 Å². The number of hydrogen-bond acceptors (Lipinski definition) is 3. The minimum atomic E-state index is -0.920. The van der Waals surface area contributed by atoms with E-state index in [4.69, 9.17) is 14.9 Å². The maximum Gasteiger partial charge on any atom is 0.331 e. The van der Waals surface area contributed by atoms with Crippen molar-refractivity contribution in [2.45, 2.75) is 38.2 Å². The molecule has 21 heavy (non-hydrogen) atoms. The zero-order valence-electron chi connectivity index (χ0n) is 12.1. The van der Waals surface area contributed by atoms with Gasteiger partial charge in [-0.3, -0.25) is 0 Å². The monoisotopic (exact) mass is 294 g/mol. The molecule has 116 valence electrons. The molecule has 0 spiro atoms. The minimum Gasteiger partial charge on any atom is -0.478 e. The summed E-state index contributed by atoms with van der Waals surface area (Å²) < 4.78 is 5.08. The van der Waals surface area contributed by atoms with E-state index in [1.807, 2.05) is 6.08 Å². The maximum absolute atomic E-state index is 10.7. The van der Waals surface area contributed by atoms with Gasteiger partial charge in [0.05, 0.1) is 12.7 Å². The van der Waals surface area contributed by atoms with Gasteiger partial charge in [0.1, 0.15) is 0 Å². The molecule has 5 nitrogen and oxygen atoms in total. The smallest absolute Gasteiger partial charge is 0.331 e. The lowest BCUT2D eigenvalue weighted by Gasteiger charge is -2.08. The lowest BCUT2D eigenvalue weighted by Crippen LogP contribution is -2.10. The second-order valence-corrected chi connectivity index (χ2v) is 5.17. The van der Waals surface area contributed by atoms with Gasteiger partial charge in [0, 0.05) is 11.1 Å². The van der Waals surface area contributed by atoms with Crippen molar-refractivity contribution >= 4 is 11.9 Å². The van der Waals surface area contributed by atoms with Crippen LogP contribution in [0.3, 0.4) is 0 Å². The van der Waals surface area contributed by atoms with Crippen LogP contribution in [0.1, 0.15) is 32.1 Å². The normalized spacial score (nSPS) is 22.6. The Bertz CT molecular complexity index is 446. The summed E-state index contributed by atoms with van der Waals surface area (Å²) in [7, 11) is 0. The standard InChI is InChI=1S/C9H12O3.C7H10O2/c10-9(11)8-3-1-2-6(8)4-7-5-12-7;1-3-4-5-6(2)7(8)9/h3,6-7H,1-2,4-5H2,(H,10,11);3H,1-2,4-5H2,(H,8,9). The number of ether oxygens (including phenoxy) is 1. The number of hydrogen-bond donors (Lipinski definition) is 2. The average molecular weight is 294 g/mol. The summed E-state index contributed by atoms with van der Waals surface area (Å²) in [5.74, 6) is -1.43. The van der Waals surface area contributed by atoms with E-state index < -0.39 is 11.9 Å². The van der Waals surface area contributed by atoms with Gasteiger partial charge >= 0.3 is 11.9 Å². The van der Waals surface area contributed by atoms with Crippen molar-refractivity contribution in [1.82, 2.24) is 0 Å². The molecule has 1 aliphatic heterocycles. The zero-order chi connectivity index (χ0) is 15.8. The fraction of sp³-hybridized carbons (Fsp3) is 0.500. The van der Waals surface area contributed by atoms with Crippen molar-refractivity contribution in [3.05, 3.63) is 36.5 Å². The third-order valence-corrected chi connectivity index (χ3v) is 3.47. The Hall–Kier alpha value is -1.88. The predicted molar refractivity (Wildman–Crippen MR) is 79.0 cm³/mol. The van der Waals surface area contributed by atoms with E-state index in [0.717, 1.165) is 25.9 Å². The summed E-state index contributed by atoms with van der Waals surface area (Å²) in [5, 5.41) is 17.1. The molecule has 0 bridgehead atoms. The van der Waals surface area contributed by atoms with Gasteiger partial charge in [-0.25, -0.2) is 9.59 Å². The third kappa shape index (κ3) is 6.40. The first-order valence-corrected chi connectivity index (χ1v) is 7.02. The van der Waals surface area contributed by atoms with Gasteiger partial charge in [0.25, 0.3) is 0 Å². The Labute approximate surface area is 124 Å². The molecule has 1 fully saturated rings. The number of rotatable bonds is 7. The molecular weight excluding hydrogens is 272 g/mol. The lowest BCUT2D eigenvalue weighted by atomic mass is 9.96. The van der Waals surface area contributed by atoms with E-state index in [-0.39, 0.29) is 11.5 Å². The number of epoxide rings is 1. The molecule has 2 unspecified atom stereocenters. The van der Waals surface area contributed by atoms with E-state index >= 15 is 0 Å². The molecule has 0 aromatic carbocycles. The van der Waals surface area contributed by atoms with E-state index in [0.29, 0.717) is 24.5 Å². The highest BCUT2D eigenvalue weighted by atomic mass is 16.6. The van der Waals surface area contributed by atoms with Crippen molar-refractivity contribution in [1.29, 1.82) is 0 Å². The highest BCUT2D eigenvalue weighted by molar-refractivity contribution is 5.87. The number of aliphatic carboxylic acids is 2. The summed E-state index contributed by atoms with van der Waals surface area (Å²) in [6.45, 7) is 7.63. The number of carboxylic acids is 2. The summed E-state index contributed by atoms with van der Waals surface area (Å²) in [6.07, 6.45) is 7.85. The largest absolute Gasteiger partial charge is 0.478 e.